The molecule has 22 heavy (non-hydrogen) atoms. The molecule has 0 bridgehead atoms. The van der Waals surface area contributed by atoms with E-state index in [0.29, 0.717) is 17.9 Å². The van der Waals surface area contributed by atoms with Crippen molar-refractivity contribution in [1.82, 2.24) is 0 Å². The van der Waals surface area contributed by atoms with Gasteiger partial charge in [0.1, 0.15) is 0 Å². The minimum Gasteiger partial charge on any atom is -0.459 e. The summed E-state index contributed by atoms with van der Waals surface area (Å²) in [6, 6.07) is 8.50. The van der Waals surface area contributed by atoms with E-state index in [0.717, 1.165) is 5.56 Å². The molecule has 1 unspecified atom stereocenters. The molecule has 2 amide bonds. The van der Waals surface area contributed by atoms with Crippen molar-refractivity contribution in [3.05, 3.63) is 47.9 Å². The van der Waals surface area contributed by atoms with Gasteiger partial charge in [-0.1, -0.05) is 6.92 Å². The number of carbonyl (C=O) groups excluding carboxylic acids is 2. The van der Waals surface area contributed by atoms with Crippen molar-refractivity contribution in [2.24, 2.45) is 11.7 Å². The first-order valence-corrected chi connectivity index (χ1v) is 6.97. The van der Waals surface area contributed by atoms with Gasteiger partial charge in [-0.05, 0) is 42.8 Å². The summed E-state index contributed by atoms with van der Waals surface area (Å²) in [7, 11) is 0. The molecule has 0 radical (unpaired) electrons. The summed E-state index contributed by atoms with van der Waals surface area (Å²) < 4.78 is 5.04. The van der Waals surface area contributed by atoms with Crippen LogP contribution in [-0.4, -0.2) is 18.4 Å². The lowest BCUT2D eigenvalue weighted by Gasteiger charge is -2.12. The Labute approximate surface area is 128 Å². The molecule has 2 rings (SSSR count). The topological polar surface area (TPSA) is 97.4 Å². The second kappa shape index (κ2) is 6.91. The lowest BCUT2D eigenvalue weighted by atomic mass is 10.1. The minimum atomic E-state index is -0.318. The number of amides is 2. The highest BCUT2D eigenvalue weighted by Gasteiger charge is 2.13. The van der Waals surface area contributed by atoms with Gasteiger partial charge in [-0.3, -0.25) is 9.59 Å². The number of aryl methyl sites for hydroxylation is 1. The molecule has 0 saturated carbocycles. The van der Waals surface area contributed by atoms with Gasteiger partial charge < -0.3 is 20.8 Å². The van der Waals surface area contributed by atoms with Gasteiger partial charge in [-0.15, -0.1) is 0 Å². The van der Waals surface area contributed by atoms with E-state index >= 15 is 0 Å². The molecule has 1 aromatic carbocycles. The Morgan fingerprint density at radius 3 is 2.64 bits per heavy atom. The maximum absolute atomic E-state index is 11.9. The Hall–Kier alpha value is -2.60. The maximum atomic E-state index is 11.9. The summed E-state index contributed by atoms with van der Waals surface area (Å²) in [5.74, 6) is -0.455. The van der Waals surface area contributed by atoms with Crippen molar-refractivity contribution >= 4 is 23.2 Å². The molecule has 0 spiro atoms. The van der Waals surface area contributed by atoms with Crippen LogP contribution in [-0.2, 0) is 4.79 Å². The summed E-state index contributed by atoms with van der Waals surface area (Å²) in [6.07, 6.45) is 1.44. The van der Waals surface area contributed by atoms with E-state index in [9.17, 15) is 9.59 Å². The van der Waals surface area contributed by atoms with E-state index in [4.69, 9.17) is 10.2 Å². The van der Waals surface area contributed by atoms with Gasteiger partial charge in [0, 0.05) is 23.8 Å². The summed E-state index contributed by atoms with van der Waals surface area (Å²) in [6.45, 7) is 3.90. The molecule has 2 aromatic rings. The molecule has 0 aliphatic rings. The lowest BCUT2D eigenvalue weighted by molar-refractivity contribution is -0.119. The van der Waals surface area contributed by atoms with E-state index in [1.807, 2.05) is 6.92 Å². The molecule has 0 fully saturated rings. The number of carbonyl (C=O) groups is 2. The first-order chi connectivity index (χ1) is 10.5. The number of hydrogen-bond acceptors (Lipinski definition) is 4. The van der Waals surface area contributed by atoms with E-state index in [1.54, 1.807) is 37.3 Å². The SMILES string of the molecule is Cc1cc(NC(=O)C(C)CN)ccc1NC(=O)c1ccco1. The standard InChI is InChI=1S/C16H19N3O3/c1-10-8-12(18-15(20)11(2)9-17)5-6-13(10)19-16(21)14-4-3-7-22-14/h3-8,11H,9,17H2,1-2H3,(H,18,20)(H,19,21). The maximum Gasteiger partial charge on any atom is 0.291 e. The van der Waals surface area contributed by atoms with Crippen molar-refractivity contribution in [3.8, 4) is 0 Å². The van der Waals surface area contributed by atoms with Gasteiger partial charge >= 0.3 is 0 Å². The van der Waals surface area contributed by atoms with Gasteiger partial charge in [0.25, 0.3) is 5.91 Å². The number of anilines is 2. The monoisotopic (exact) mass is 301 g/mol. The van der Waals surface area contributed by atoms with Crippen LogP contribution >= 0.6 is 0 Å². The molecular weight excluding hydrogens is 282 g/mol. The summed E-state index contributed by atoms with van der Waals surface area (Å²) in [5, 5.41) is 5.55. The van der Waals surface area contributed by atoms with Gasteiger partial charge in [0.2, 0.25) is 5.91 Å². The smallest absolute Gasteiger partial charge is 0.291 e. The average molecular weight is 301 g/mol. The highest BCUT2D eigenvalue weighted by molar-refractivity contribution is 6.03. The van der Waals surface area contributed by atoms with Crippen molar-refractivity contribution in [1.29, 1.82) is 0 Å². The van der Waals surface area contributed by atoms with Crippen LogP contribution in [0.2, 0.25) is 0 Å². The van der Waals surface area contributed by atoms with Crippen molar-refractivity contribution in [2.45, 2.75) is 13.8 Å². The van der Waals surface area contributed by atoms with Crippen LogP contribution in [0.25, 0.3) is 0 Å². The molecule has 1 aromatic heterocycles. The molecule has 6 nitrogen and oxygen atoms in total. The van der Waals surface area contributed by atoms with Crippen LogP contribution in [0.15, 0.2) is 41.0 Å². The second-order valence-electron chi connectivity index (χ2n) is 5.09. The molecule has 1 heterocycles. The quantitative estimate of drug-likeness (QED) is 0.789. The van der Waals surface area contributed by atoms with Crippen LogP contribution < -0.4 is 16.4 Å². The average Bonchev–Trinajstić information content (AvgIpc) is 3.03. The van der Waals surface area contributed by atoms with E-state index < -0.39 is 0 Å². The third kappa shape index (κ3) is 3.73. The van der Waals surface area contributed by atoms with Gasteiger partial charge in [0.05, 0.1) is 6.26 Å². The van der Waals surface area contributed by atoms with Crippen LogP contribution in [0, 0.1) is 12.8 Å². The number of nitrogens with two attached hydrogens (primary N) is 1. The Morgan fingerprint density at radius 1 is 1.27 bits per heavy atom. The van der Waals surface area contributed by atoms with Crippen molar-refractivity contribution in [2.75, 3.05) is 17.2 Å². The Bertz CT molecular complexity index is 665. The zero-order valence-corrected chi connectivity index (χ0v) is 12.6. The van der Waals surface area contributed by atoms with Crippen LogP contribution in [0.3, 0.4) is 0 Å². The van der Waals surface area contributed by atoms with Gasteiger partial charge in [-0.25, -0.2) is 0 Å². The molecule has 1 atom stereocenters. The minimum absolute atomic E-state index is 0.130. The highest BCUT2D eigenvalue weighted by atomic mass is 16.3. The van der Waals surface area contributed by atoms with Crippen molar-refractivity contribution in [3.63, 3.8) is 0 Å². The van der Waals surface area contributed by atoms with Gasteiger partial charge in [0.15, 0.2) is 5.76 Å². The number of benzene rings is 1. The highest BCUT2D eigenvalue weighted by Crippen LogP contribution is 2.21. The number of hydrogen-bond donors (Lipinski definition) is 3. The van der Waals surface area contributed by atoms with Crippen LogP contribution in [0.5, 0.6) is 0 Å². The Kier molecular flexibility index (Phi) is 4.95. The molecular formula is C16H19N3O3. The third-order valence-electron chi connectivity index (χ3n) is 3.29. The predicted molar refractivity (Wildman–Crippen MR) is 84.7 cm³/mol. The predicted octanol–water partition coefficient (Wildman–Crippen LogP) is 2.37. The van der Waals surface area contributed by atoms with E-state index in [1.165, 1.54) is 6.26 Å². The fourth-order valence-electron chi connectivity index (χ4n) is 1.85. The molecule has 0 aliphatic heterocycles. The lowest BCUT2D eigenvalue weighted by Crippen LogP contribution is -2.26. The molecule has 4 N–H and O–H groups in total. The molecule has 116 valence electrons. The summed E-state index contributed by atoms with van der Waals surface area (Å²) in [4.78, 5) is 23.7. The fourth-order valence-corrected chi connectivity index (χ4v) is 1.85. The van der Waals surface area contributed by atoms with Crippen LogP contribution in [0.4, 0.5) is 11.4 Å². The number of furan rings is 1. The summed E-state index contributed by atoms with van der Waals surface area (Å²) >= 11 is 0. The number of rotatable bonds is 5. The zero-order chi connectivity index (χ0) is 16.1. The molecule has 0 aliphatic carbocycles. The first-order valence-electron chi connectivity index (χ1n) is 6.97. The second-order valence-corrected chi connectivity index (χ2v) is 5.09. The zero-order valence-electron chi connectivity index (χ0n) is 12.6. The normalized spacial score (nSPS) is 11.8. The van der Waals surface area contributed by atoms with E-state index in [2.05, 4.69) is 10.6 Å². The number of nitrogens with one attached hydrogen (secondary N) is 2. The first kappa shape index (κ1) is 15.8. The Morgan fingerprint density at radius 2 is 2.05 bits per heavy atom. The van der Waals surface area contributed by atoms with E-state index in [-0.39, 0.29) is 23.5 Å². The molecule has 6 heteroatoms. The van der Waals surface area contributed by atoms with Gasteiger partial charge in [-0.2, -0.15) is 0 Å². The summed E-state index contributed by atoms with van der Waals surface area (Å²) in [5.41, 5.74) is 7.62. The van der Waals surface area contributed by atoms with Crippen LogP contribution in [0.1, 0.15) is 23.0 Å². The fraction of sp³-hybridized carbons (Fsp3) is 0.250. The van der Waals surface area contributed by atoms with Crippen molar-refractivity contribution < 1.29 is 14.0 Å². The Balaban J connectivity index is 2.06. The molecule has 0 saturated heterocycles. The largest absolute Gasteiger partial charge is 0.459 e. The third-order valence-corrected chi connectivity index (χ3v) is 3.29.